The van der Waals surface area contributed by atoms with Crippen LogP contribution in [0.2, 0.25) is 0 Å². The Labute approximate surface area is 147 Å². The Morgan fingerprint density at radius 2 is 1.96 bits per heavy atom. The lowest BCUT2D eigenvalue weighted by Crippen LogP contribution is -2.52. The molecule has 0 aromatic carbocycles. The second kappa shape index (κ2) is 8.05. The lowest BCUT2D eigenvalue weighted by molar-refractivity contribution is 0.0961. The minimum Gasteiger partial charge on any atom is -0.385 e. The highest BCUT2D eigenvalue weighted by molar-refractivity contribution is 5.75. The van der Waals surface area contributed by atoms with Gasteiger partial charge in [0.05, 0.1) is 0 Å². The quantitative estimate of drug-likeness (QED) is 0.839. The molecule has 1 N–H and O–H groups in total. The molecule has 1 saturated carbocycles. The summed E-state index contributed by atoms with van der Waals surface area (Å²) in [7, 11) is 3.95. The highest BCUT2D eigenvalue weighted by Crippen LogP contribution is 2.39. The molecule has 0 bridgehead atoms. The number of hydrogen-bond donors (Lipinski definition) is 1. The van der Waals surface area contributed by atoms with Crippen molar-refractivity contribution in [1.29, 1.82) is 0 Å². The van der Waals surface area contributed by atoms with Crippen LogP contribution < -0.4 is 5.32 Å². The van der Waals surface area contributed by atoms with Crippen molar-refractivity contribution >= 4 is 6.03 Å². The maximum Gasteiger partial charge on any atom is 0.317 e. The van der Waals surface area contributed by atoms with Gasteiger partial charge in [0, 0.05) is 39.4 Å². The first-order valence-electron chi connectivity index (χ1n) is 9.85. The third-order valence-corrected chi connectivity index (χ3v) is 6.69. The molecule has 2 heterocycles. The predicted molar refractivity (Wildman–Crippen MR) is 96.1 cm³/mol. The van der Waals surface area contributed by atoms with Crippen LogP contribution in [-0.2, 0) is 4.74 Å². The summed E-state index contributed by atoms with van der Waals surface area (Å²) >= 11 is 0. The van der Waals surface area contributed by atoms with E-state index in [0.717, 1.165) is 32.7 Å². The highest BCUT2D eigenvalue weighted by atomic mass is 16.5. The van der Waals surface area contributed by atoms with Crippen molar-refractivity contribution < 1.29 is 9.53 Å². The van der Waals surface area contributed by atoms with Gasteiger partial charge in [0.15, 0.2) is 0 Å². The number of rotatable bonds is 5. The molecule has 0 spiro atoms. The van der Waals surface area contributed by atoms with Crippen LogP contribution in [0.25, 0.3) is 0 Å². The zero-order chi connectivity index (χ0) is 17.0. The molecule has 138 valence electrons. The molecule has 2 atom stereocenters. The van der Waals surface area contributed by atoms with Gasteiger partial charge in [-0.05, 0) is 57.0 Å². The number of nitrogens with zero attached hydrogens (tertiary/aromatic N) is 2. The van der Waals surface area contributed by atoms with Gasteiger partial charge < -0.3 is 19.9 Å². The van der Waals surface area contributed by atoms with Crippen LogP contribution in [0.3, 0.4) is 0 Å². The molecular weight excluding hydrogens is 302 g/mol. The van der Waals surface area contributed by atoms with Crippen molar-refractivity contribution in [2.24, 2.45) is 11.3 Å². The van der Waals surface area contributed by atoms with Crippen LogP contribution in [0, 0.1) is 11.3 Å². The molecule has 3 aliphatic rings. The van der Waals surface area contributed by atoms with E-state index in [1.165, 1.54) is 51.5 Å². The van der Waals surface area contributed by atoms with Gasteiger partial charge in [-0.15, -0.1) is 0 Å². The third kappa shape index (κ3) is 4.05. The van der Waals surface area contributed by atoms with Crippen molar-refractivity contribution in [3.63, 3.8) is 0 Å². The predicted octanol–water partition coefficient (Wildman–Crippen LogP) is 2.71. The third-order valence-electron chi connectivity index (χ3n) is 6.69. The van der Waals surface area contributed by atoms with E-state index in [2.05, 4.69) is 22.2 Å². The van der Waals surface area contributed by atoms with Crippen LogP contribution in [0.5, 0.6) is 0 Å². The fourth-order valence-corrected chi connectivity index (χ4v) is 5.05. The number of carbonyl (C=O) groups excluding carboxylic acids is 1. The fourth-order valence-electron chi connectivity index (χ4n) is 5.05. The van der Waals surface area contributed by atoms with Crippen LogP contribution in [-0.4, -0.2) is 68.8 Å². The Kier molecular flexibility index (Phi) is 6.03. The Hall–Kier alpha value is -0.810. The van der Waals surface area contributed by atoms with Gasteiger partial charge >= 0.3 is 6.03 Å². The largest absolute Gasteiger partial charge is 0.385 e. The number of likely N-dealkylation sites (tertiary alicyclic amines) is 2. The first-order chi connectivity index (χ1) is 11.6. The summed E-state index contributed by atoms with van der Waals surface area (Å²) in [5.74, 6) is 0.712. The Morgan fingerprint density at radius 3 is 2.71 bits per heavy atom. The van der Waals surface area contributed by atoms with Gasteiger partial charge in [0.25, 0.3) is 0 Å². The SMILES string of the molecule is COCCC1(CNC(=O)N2CC[C@@H]3CCN(C)C[C@H]32)CCCCC1. The number of fused-ring (bicyclic) bond motifs is 1. The van der Waals surface area contributed by atoms with Crippen LogP contribution in [0.1, 0.15) is 51.4 Å². The highest BCUT2D eigenvalue weighted by Gasteiger charge is 2.40. The average molecular weight is 338 g/mol. The second-order valence-electron chi connectivity index (χ2n) is 8.32. The van der Waals surface area contributed by atoms with Crippen molar-refractivity contribution in [1.82, 2.24) is 15.1 Å². The summed E-state index contributed by atoms with van der Waals surface area (Å²) in [6.45, 7) is 4.76. The molecule has 0 unspecified atom stereocenters. The molecule has 2 amide bonds. The van der Waals surface area contributed by atoms with Crippen molar-refractivity contribution in [3.05, 3.63) is 0 Å². The summed E-state index contributed by atoms with van der Waals surface area (Å²) in [5.41, 5.74) is 0.256. The number of ether oxygens (including phenoxy) is 1. The van der Waals surface area contributed by atoms with Crippen LogP contribution in [0.15, 0.2) is 0 Å². The smallest absolute Gasteiger partial charge is 0.317 e. The zero-order valence-corrected chi connectivity index (χ0v) is 15.6. The Morgan fingerprint density at radius 1 is 1.21 bits per heavy atom. The number of amides is 2. The van der Waals surface area contributed by atoms with Crippen LogP contribution in [0.4, 0.5) is 4.79 Å². The van der Waals surface area contributed by atoms with Crippen molar-refractivity contribution in [2.45, 2.75) is 57.4 Å². The number of hydrogen-bond acceptors (Lipinski definition) is 3. The molecule has 3 rings (SSSR count). The standard InChI is InChI=1S/C19H35N3O2/c1-21-11-6-16-7-12-22(17(16)14-21)18(23)20-15-19(10-13-24-2)8-4-3-5-9-19/h16-17H,3-15H2,1-2H3,(H,20,23)/t16-,17+/m0/s1. The molecule has 5 heteroatoms. The molecule has 2 aliphatic heterocycles. The van der Waals surface area contributed by atoms with Crippen molar-refractivity contribution in [2.75, 3.05) is 46.9 Å². The molecule has 0 aromatic heterocycles. The number of likely N-dealkylation sites (N-methyl/N-ethyl adjacent to an activating group) is 1. The average Bonchev–Trinajstić information content (AvgIpc) is 3.02. The Balaban J connectivity index is 1.55. The van der Waals surface area contributed by atoms with E-state index in [0.29, 0.717) is 12.0 Å². The molecule has 5 nitrogen and oxygen atoms in total. The number of carbonyl (C=O) groups is 1. The molecule has 24 heavy (non-hydrogen) atoms. The van der Waals surface area contributed by atoms with E-state index in [4.69, 9.17) is 4.74 Å². The molecule has 2 saturated heterocycles. The molecule has 0 radical (unpaired) electrons. The van der Waals surface area contributed by atoms with Crippen LogP contribution >= 0.6 is 0 Å². The minimum atomic E-state index is 0.167. The molecule has 3 fully saturated rings. The van der Waals surface area contributed by atoms with E-state index in [1.54, 1.807) is 7.11 Å². The summed E-state index contributed by atoms with van der Waals surface area (Å²) in [4.78, 5) is 17.3. The van der Waals surface area contributed by atoms with E-state index in [1.807, 2.05) is 0 Å². The minimum absolute atomic E-state index is 0.167. The molecule has 1 aliphatic carbocycles. The Bertz CT molecular complexity index is 423. The summed E-state index contributed by atoms with van der Waals surface area (Å²) in [6, 6.07) is 0.588. The fraction of sp³-hybridized carbons (Fsp3) is 0.947. The lowest BCUT2D eigenvalue weighted by Gasteiger charge is -2.39. The van der Waals surface area contributed by atoms with E-state index < -0.39 is 0 Å². The summed E-state index contributed by atoms with van der Waals surface area (Å²) < 4.78 is 5.33. The van der Waals surface area contributed by atoms with E-state index in [9.17, 15) is 4.79 Å². The van der Waals surface area contributed by atoms with Gasteiger partial charge in [0.2, 0.25) is 0 Å². The van der Waals surface area contributed by atoms with Gasteiger partial charge in [-0.25, -0.2) is 4.79 Å². The monoisotopic (exact) mass is 337 g/mol. The number of methoxy groups -OCH3 is 1. The molecule has 0 aromatic rings. The van der Waals surface area contributed by atoms with Gasteiger partial charge in [0.1, 0.15) is 0 Å². The van der Waals surface area contributed by atoms with Gasteiger partial charge in [-0.2, -0.15) is 0 Å². The first kappa shape index (κ1) is 18.0. The second-order valence-corrected chi connectivity index (χ2v) is 8.32. The lowest BCUT2D eigenvalue weighted by atomic mass is 9.72. The maximum atomic E-state index is 12.8. The van der Waals surface area contributed by atoms with Gasteiger partial charge in [-0.3, -0.25) is 0 Å². The first-order valence-corrected chi connectivity index (χ1v) is 9.85. The maximum absolute atomic E-state index is 12.8. The van der Waals surface area contributed by atoms with E-state index >= 15 is 0 Å². The number of piperidine rings is 1. The number of nitrogens with one attached hydrogen (secondary N) is 1. The zero-order valence-electron chi connectivity index (χ0n) is 15.6. The van der Waals surface area contributed by atoms with E-state index in [-0.39, 0.29) is 11.4 Å². The summed E-state index contributed by atoms with van der Waals surface area (Å²) in [6.07, 6.45) is 9.86. The number of urea groups is 1. The topological polar surface area (TPSA) is 44.8 Å². The van der Waals surface area contributed by atoms with Gasteiger partial charge in [-0.1, -0.05) is 19.3 Å². The molecular formula is C19H35N3O2. The van der Waals surface area contributed by atoms with Crippen molar-refractivity contribution in [3.8, 4) is 0 Å². The normalized spacial score (nSPS) is 30.2. The summed E-state index contributed by atoms with van der Waals surface area (Å²) in [5, 5.41) is 3.30.